The van der Waals surface area contributed by atoms with Crippen molar-refractivity contribution in [3.63, 3.8) is 0 Å². The van der Waals surface area contributed by atoms with Crippen LogP contribution in [-0.4, -0.2) is 5.11 Å². The van der Waals surface area contributed by atoms with Gasteiger partial charge >= 0.3 is 0 Å². The molecule has 1 rings (SSSR count). The highest BCUT2D eigenvalue weighted by Crippen LogP contribution is 2.43. The van der Waals surface area contributed by atoms with Gasteiger partial charge in [0.05, 0.1) is 0 Å². The molecule has 1 aromatic carbocycles. The predicted octanol–water partition coefficient (Wildman–Crippen LogP) is 5.82. The quantitative estimate of drug-likeness (QED) is 0.686. The van der Waals surface area contributed by atoms with Crippen molar-refractivity contribution < 1.29 is 5.11 Å². The van der Waals surface area contributed by atoms with Gasteiger partial charge < -0.3 is 5.11 Å². The molecule has 1 aromatic rings. The smallest absolute Gasteiger partial charge is 0.136 e. The Morgan fingerprint density at radius 3 is 1.38 bits per heavy atom. The fourth-order valence-electron chi connectivity index (χ4n) is 1.16. The molecular formula is C9H6Cl6O. The highest BCUT2D eigenvalue weighted by atomic mass is 35.5. The lowest BCUT2D eigenvalue weighted by Gasteiger charge is -2.14. The molecule has 0 aliphatic carbocycles. The second-order valence-electron chi connectivity index (χ2n) is 2.95. The van der Waals surface area contributed by atoms with Gasteiger partial charge in [-0.25, -0.2) is 0 Å². The van der Waals surface area contributed by atoms with Crippen LogP contribution in [0.5, 0.6) is 5.75 Å². The Labute approximate surface area is 123 Å². The number of halogens is 6. The Bertz CT molecular complexity index is 347. The maximum atomic E-state index is 9.81. The molecule has 0 spiro atoms. The van der Waals surface area contributed by atoms with Crippen LogP contribution in [0.3, 0.4) is 0 Å². The Kier molecular flexibility index (Phi) is 5.63. The highest BCUT2D eigenvalue weighted by molar-refractivity contribution is 6.46. The Balaban J connectivity index is 3.39. The maximum absolute atomic E-state index is 9.81. The largest absolute Gasteiger partial charge is 0.507 e. The van der Waals surface area contributed by atoms with Crippen molar-refractivity contribution in [2.24, 2.45) is 0 Å². The summed E-state index contributed by atoms with van der Waals surface area (Å²) < 4.78 is 0. The van der Waals surface area contributed by atoms with Gasteiger partial charge in [-0.1, -0.05) is 46.4 Å². The zero-order chi connectivity index (χ0) is 12.5. The topological polar surface area (TPSA) is 20.2 Å². The number of phenolic OH excluding ortho intramolecular Hbond substituents is 1. The predicted molar refractivity (Wildman–Crippen MR) is 71.4 cm³/mol. The number of rotatable bonds is 3. The Hall–Kier alpha value is 0.760. The lowest BCUT2D eigenvalue weighted by atomic mass is 10.1. The van der Waals surface area contributed by atoms with Crippen molar-refractivity contribution in [3.05, 3.63) is 28.8 Å². The van der Waals surface area contributed by atoms with Crippen LogP contribution < -0.4 is 0 Å². The summed E-state index contributed by atoms with van der Waals surface area (Å²) in [6.07, 6.45) is 0. The molecule has 0 aromatic heterocycles. The van der Waals surface area contributed by atoms with Crippen molar-refractivity contribution in [2.75, 3.05) is 0 Å². The summed E-state index contributed by atoms with van der Waals surface area (Å²) in [4.78, 5) is -2.62. The Morgan fingerprint density at radius 2 is 1.12 bits per heavy atom. The summed E-state index contributed by atoms with van der Waals surface area (Å²) in [6.45, 7) is 0. The lowest BCUT2D eigenvalue weighted by molar-refractivity contribution is 0.464. The van der Waals surface area contributed by atoms with Gasteiger partial charge in [-0.15, -0.1) is 23.2 Å². The zero-order valence-corrected chi connectivity index (χ0v) is 12.1. The van der Waals surface area contributed by atoms with Crippen molar-refractivity contribution in [1.29, 1.82) is 0 Å². The minimum absolute atomic E-state index is 0.150. The molecule has 0 saturated heterocycles. The highest BCUT2D eigenvalue weighted by Gasteiger charge is 2.20. The molecule has 0 aliphatic rings. The number of benzene rings is 1. The number of hydrogen-bond acceptors (Lipinski definition) is 1. The zero-order valence-electron chi connectivity index (χ0n) is 7.60. The maximum Gasteiger partial charge on any atom is 0.136 e. The van der Waals surface area contributed by atoms with Gasteiger partial charge in [0, 0.05) is 11.1 Å². The molecule has 0 unspecified atom stereocenters. The van der Waals surface area contributed by atoms with Crippen LogP contribution in [0.4, 0.5) is 0 Å². The van der Waals surface area contributed by atoms with E-state index >= 15 is 0 Å². The average Bonchev–Trinajstić information content (AvgIpc) is 2.16. The second-order valence-corrected chi connectivity index (χ2v) is 6.24. The van der Waals surface area contributed by atoms with Gasteiger partial charge in [-0.3, -0.25) is 0 Å². The van der Waals surface area contributed by atoms with E-state index in [1.54, 1.807) is 0 Å². The van der Waals surface area contributed by atoms with E-state index in [0.29, 0.717) is 5.56 Å². The van der Waals surface area contributed by atoms with Crippen LogP contribution in [0.15, 0.2) is 12.1 Å². The van der Waals surface area contributed by atoms with Gasteiger partial charge in [0.25, 0.3) is 0 Å². The third kappa shape index (κ3) is 3.38. The minimum atomic E-state index is -0.919. The first kappa shape index (κ1) is 14.8. The number of phenols is 1. The van der Waals surface area contributed by atoms with Crippen LogP contribution in [0, 0.1) is 0 Å². The first-order valence-corrected chi connectivity index (χ1v) is 6.67. The fourth-order valence-corrected chi connectivity index (χ4v) is 2.08. The van der Waals surface area contributed by atoms with E-state index in [2.05, 4.69) is 0 Å². The lowest BCUT2D eigenvalue weighted by Crippen LogP contribution is -1.94. The van der Waals surface area contributed by atoms with Crippen LogP contribution in [0.2, 0.25) is 0 Å². The molecule has 0 atom stereocenters. The molecular weight excluding hydrogens is 337 g/mol. The van der Waals surface area contributed by atoms with Gasteiger partial charge in [-0.2, -0.15) is 0 Å². The normalized spacial score (nSPS) is 11.8. The summed E-state index contributed by atoms with van der Waals surface area (Å²) in [5.74, 6) is -0.150. The summed E-state index contributed by atoms with van der Waals surface area (Å²) in [7, 11) is 0. The van der Waals surface area contributed by atoms with Crippen LogP contribution in [0.25, 0.3) is 0 Å². The van der Waals surface area contributed by atoms with Gasteiger partial charge in [0.2, 0.25) is 0 Å². The van der Waals surface area contributed by atoms with Crippen molar-refractivity contribution >= 4 is 69.6 Å². The first-order chi connectivity index (χ1) is 7.34. The van der Waals surface area contributed by atoms with Gasteiger partial charge in [-0.05, 0) is 17.7 Å². The van der Waals surface area contributed by atoms with E-state index in [4.69, 9.17) is 69.6 Å². The monoisotopic (exact) mass is 340 g/mol. The fraction of sp³-hybridized carbons (Fsp3) is 0.333. The van der Waals surface area contributed by atoms with Gasteiger partial charge in [0.15, 0.2) is 0 Å². The number of alkyl halides is 6. The molecule has 0 amide bonds. The summed E-state index contributed by atoms with van der Waals surface area (Å²) in [5, 5.41) is 9.81. The van der Waals surface area contributed by atoms with Crippen LogP contribution in [0.1, 0.15) is 31.2 Å². The molecule has 0 bridgehead atoms. The van der Waals surface area contributed by atoms with E-state index in [1.807, 2.05) is 0 Å². The van der Waals surface area contributed by atoms with Crippen molar-refractivity contribution in [1.82, 2.24) is 0 Å². The van der Waals surface area contributed by atoms with E-state index < -0.39 is 14.5 Å². The average molecular weight is 343 g/mol. The molecule has 1 N–H and O–H groups in total. The number of aromatic hydroxyl groups is 1. The van der Waals surface area contributed by atoms with Crippen LogP contribution in [-0.2, 0) is 0 Å². The van der Waals surface area contributed by atoms with Crippen molar-refractivity contribution in [2.45, 2.75) is 14.5 Å². The third-order valence-corrected chi connectivity index (χ3v) is 3.36. The van der Waals surface area contributed by atoms with E-state index in [0.717, 1.165) is 0 Å². The van der Waals surface area contributed by atoms with Crippen molar-refractivity contribution in [3.8, 4) is 5.75 Å². The molecule has 0 saturated carbocycles. The van der Waals surface area contributed by atoms with E-state index in [1.165, 1.54) is 12.1 Å². The summed E-state index contributed by atoms with van der Waals surface area (Å²) >= 11 is 34.2. The van der Waals surface area contributed by atoms with E-state index in [9.17, 15) is 5.11 Å². The van der Waals surface area contributed by atoms with Crippen LogP contribution >= 0.6 is 69.6 Å². The summed E-state index contributed by atoms with van der Waals surface area (Å²) in [5.41, 5.74) is 1.06. The second kappa shape index (κ2) is 6.08. The van der Waals surface area contributed by atoms with Gasteiger partial charge in [0.1, 0.15) is 20.3 Å². The molecule has 0 radical (unpaired) electrons. The Morgan fingerprint density at radius 1 is 0.750 bits per heavy atom. The first-order valence-electron chi connectivity index (χ1n) is 4.05. The molecule has 7 heteroatoms. The molecule has 0 aliphatic heterocycles. The third-order valence-electron chi connectivity index (χ3n) is 1.91. The number of hydrogen-bond donors (Lipinski definition) is 1. The molecule has 0 heterocycles. The SMILES string of the molecule is Oc1c(C(Cl)Cl)cc(C(Cl)Cl)cc1C(Cl)Cl. The molecule has 1 nitrogen and oxygen atoms in total. The summed E-state index contributed by atoms with van der Waals surface area (Å²) in [6, 6.07) is 3.01. The standard InChI is InChI=1S/C9H6Cl6O/c10-7(11)3-1-4(8(12)13)6(16)5(2-3)9(14)15/h1-2,7-9,16H. The molecule has 0 fully saturated rings. The minimum Gasteiger partial charge on any atom is -0.507 e. The molecule has 90 valence electrons. The van der Waals surface area contributed by atoms with E-state index in [-0.39, 0.29) is 16.9 Å². The molecule has 16 heavy (non-hydrogen) atoms.